The van der Waals surface area contributed by atoms with Gasteiger partial charge in [-0.1, -0.05) is 19.8 Å². The number of carbonyl (C=O) groups is 1. The molecule has 1 atom stereocenters. The Hall–Kier alpha value is -0.370. The van der Waals surface area contributed by atoms with Crippen molar-refractivity contribution in [1.82, 2.24) is 0 Å². The van der Waals surface area contributed by atoms with Crippen molar-refractivity contribution in [3.63, 3.8) is 0 Å². The zero-order valence-corrected chi connectivity index (χ0v) is 7.38. The van der Waals surface area contributed by atoms with Crippen LogP contribution in [0.3, 0.4) is 0 Å². The van der Waals surface area contributed by atoms with Gasteiger partial charge in [-0.2, -0.15) is 0 Å². The normalized spacial score (nSPS) is 12.9. The van der Waals surface area contributed by atoms with E-state index >= 15 is 0 Å². The molecule has 0 aromatic heterocycles. The van der Waals surface area contributed by atoms with Gasteiger partial charge in [0.15, 0.2) is 0 Å². The summed E-state index contributed by atoms with van der Waals surface area (Å²) in [7, 11) is 0. The lowest BCUT2D eigenvalue weighted by atomic mass is 9.95. The maximum Gasteiger partial charge on any atom is 0.120 e. The number of aldehydes is 1. The monoisotopic (exact) mass is 157 g/mol. The average Bonchev–Trinajstić information content (AvgIpc) is 2.01. The van der Waals surface area contributed by atoms with E-state index in [1.807, 2.05) is 0 Å². The second kappa shape index (κ2) is 7.73. The molecule has 0 spiro atoms. The van der Waals surface area contributed by atoms with E-state index in [2.05, 4.69) is 6.92 Å². The van der Waals surface area contributed by atoms with Crippen LogP contribution in [0.25, 0.3) is 0 Å². The van der Waals surface area contributed by atoms with Gasteiger partial charge in [0.1, 0.15) is 6.29 Å². The topological polar surface area (TPSA) is 43.1 Å². The molecule has 66 valence electrons. The molecule has 0 saturated heterocycles. The lowest BCUT2D eigenvalue weighted by Crippen LogP contribution is -2.05. The van der Waals surface area contributed by atoms with Crippen molar-refractivity contribution >= 4 is 6.29 Å². The van der Waals surface area contributed by atoms with E-state index in [9.17, 15) is 4.79 Å². The molecule has 0 heterocycles. The molecule has 0 radical (unpaired) electrons. The third-order valence-electron chi connectivity index (χ3n) is 1.94. The minimum Gasteiger partial charge on any atom is -0.330 e. The van der Waals surface area contributed by atoms with Gasteiger partial charge in [-0.25, -0.2) is 0 Å². The fourth-order valence-corrected chi connectivity index (χ4v) is 1.33. The zero-order valence-electron chi connectivity index (χ0n) is 7.38. The Morgan fingerprint density at radius 3 is 2.64 bits per heavy atom. The lowest BCUT2D eigenvalue weighted by Gasteiger charge is -2.11. The van der Waals surface area contributed by atoms with Crippen LogP contribution < -0.4 is 5.73 Å². The smallest absolute Gasteiger partial charge is 0.120 e. The fraction of sp³-hybridized carbons (Fsp3) is 0.889. The van der Waals surface area contributed by atoms with Crippen molar-refractivity contribution in [3.8, 4) is 0 Å². The molecular formula is C9H19NO. The van der Waals surface area contributed by atoms with E-state index in [0.717, 1.165) is 25.7 Å². The minimum absolute atomic E-state index is 0.584. The highest BCUT2D eigenvalue weighted by molar-refractivity contribution is 5.49. The van der Waals surface area contributed by atoms with Crippen molar-refractivity contribution in [2.75, 3.05) is 6.54 Å². The predicted octanol–water partition coefficient (Wildman–Crippen LogP) is 1.73. The summed E-state index contributed by atoms with van der Waals surface area (Å²) in [5.74, 6) is 0.584. The molecule has 2 heteroatoms. The third kappa shape index (κ3) is 6.05. The first kappa shape index (κ1) is 10.6. The van der Waals surface area contributed by atoms with Gasteiger partial charge in [-0.05, 0) is 25.3 Å². The number of carbonyl (C=O) groups excluding carboxylic acids is 1. The molecule has 0 fully saturated rings. The molecule has 0 aliphatic carbocycles. The second-order valence-corrected chi connectivity index (χ2v) is 2.99. The highest BCUT2D eigenvalue weighted by atomic mass is 16.1. The molecule has 0 bridgehead atoms. The van der Waals surface area contributed by atoms with Crippen LogP contribution in [-0.4, -0.2) is 12.8 Å². The molecule has 0 amide bonds. The predicted molar refractivity (Wildman–Crippen MR) is 47.4 cm³/mol. The van der Waals surface area contributed by atoms with Crippen LogP contribution >= 0.6 is 0 Å². The zero-order chi connectivity index (χ0) is 8.53. The molecule has 1 unspecified atom stereocenters. The van der Waals surface area contributed by atoms with Crippen LogP contribution in [0.1, 0.15) is 39.0 Å². The summed E-state index contributed by atoms with van der Waals surface area (Å²) < 4.78 is 0. The number of rotatable bonds is 7. The molecule has 0 aromatic rings. The second-order valence-electron chi connectivity index (χ2n) is 2.99. The molecule has 0 rings (SSSR count). The first-order valence-corrected chi connectivity index (χ1v) is 4.48. The summed E-state index contributed by atoms with van der Waals surface area (Å²) in [4.78, 5) is 10.2. The van der Waals surface area contributed by atoms with Crippen LogP contribution in [0.5, 0.6) is 0 Å². The molecule has 11 heavy (non-hydrogen) atoms. The summed E-state index contributed by atoms with van der Waals surface area (Å²) >= 11 is 0. The van der Waals surface area contributed by atoms with Crippen LogP contribution in [-0.2, 0) is 4.79 Å². The van der Waals surface area contributed by atoms with E-state index < -0.39 is 0 Å². The van der Waals surface area contributed by atoms with Gasteiger partial charge in [0.2, 0.25) is 0 Å². The van der Waals surface area contributed by atoms with Gasteiger partial charge in [0, 0.05) is 6.42 Å². The summed E-state index contributed by atoms with van der Waals surface area (Å²) in [6.45, 7) is 2.90. The third-order valence-corrected chi connectivity index (χ3v) is 1.94. The Morgan fingerprint density at radius 1 is 1.45 bits per heavy atom. The Kier molecular flexibility index (Phi) is 7.47. The van der Waals surface area contributed by atoms with E-state index in [4.69, 9.17) is 5.73 Å². The Labute approximate surface area is 69.2 Å². The van der Waals surface area contributed by atoms with Gasteiger partial charge in [-0.15, -0.1) is 0 Å². The van der Waals surface area contributed by atoms with Gasteiger partial charge in [0.25, 0.3) is 0 Å². The van der Waals surface area contributed by atoms with Crippen molar-refractivity contribution < 1.29 is 4.79 Å². The van der Waals surface area contributed by atoms with Gasteiger partial charge < -0.3 is 10.5 Å². The van der Waals surface area contributed by atoms with E-state index in [1.54, 1.807) is 0 Å². The molecule has 2 N–H and O–H groups in total. The van der Waals surface area contributed by atoms with E-state index in [1.165, 1.54) is 12.8 Å². The van der Waals surface area contributed by atoms with Crippen molar-refractivity contribution in [1.29, 1.82) is 0 Å². The maximum absolute atomic E-state index is 10.2. The van der Waals surface area contributed by atoms with Crippen LogP contribution in [0.4, 0.5) is 0 Å². The SMILES string of the molecule is CCCC(CC=O)CCCN. The molecule has 0 aliphatic rings. The molecule has 0 aliphatic heterocycles. The number of hydrogen-bond donors (Lipinski definition) is 1. The van der Waals surface area contributed by atoms with Crippen LogP contribution in [0.15, 0.2) is 0 Å². The van der Waals surface area contributed by atoms with Crippen molar-refractivity contribution in [3.05, 3.63) is 0 Å². The van der Waals surface area contributed by atoms with Crippen LogP contribution in [0.2, 0.25) is 0 Å². The summed E-state index contributed by atoms with van der Waals surface area (Å²) in [5, 5.41) is 0. The quantitative estimate of drug-likeness (QED) is 0.572. The van der Waals surface area contributed by atoms with Gasteiger partial charge in [0.05, 0.1) is 0 Å². The highest BCUT2D eigenvalue weighted by Crippen LogP contribution is 2.15. The standard InChI is InChI=1S/C9H19NO/c1-2-4-9(6-8-11)5-3-7-10/h8-9H,2-7,10H2,1H3. The summed E-state index contributed by atoms with van der Waals surface area (Å²) in [6, 6.07) is 0. The Balaban J connectivity index is 3.41. The minimum atomic E-state index is 0.584. The number of nitrogens with two attached hydrogens (primary N) is 1. The van der Waals surface area contributed by atoms with Crippen LogP contribution in [0, 0.1) is 5.92 Å². The van der Waals surface area contributed by atoms with Gasteiger partial charge >= 0.3 is 0 Å². The summed E-state index contributed by atoms with van der Waals surface area (Å²) in [6.07, 6.45) is 6.24. The first-order valence-electron chi connectivity index (χ1n) is 4.48. The Bertz CT molecular complexity index is 93.6. The number of hydrogen-bond acceptors (Lipinski definition) is 2. The molecular weight excluding hydrogens is 138 g/mol. The lowest BCUT2D eigenvalue weighted by molar-refractivity contribution is -0.108. The average molecular weight is 157 g/mol. The molecule has 0 aromatic carbocycles. The Morgan fingerprint density at radius 2 is 2.18 bits per heavy atom. The summed E-state index contributed by atoms with van der Waals surface area (Å²) in [5.41, 5.74) is 5.38. The first-order chi connectivity index (χ1) is 5.35. The van der Waals surface area contributed by atoms with Gasteiger partial charge in [-0.3, -0.25) is 0 Å². The van der Waals surface area contributed by atoms with Crippen molar-refractivity contribution in [2.24, 2.45) is 11.7 Å². The highest BCUT2D eigenvalue weighted by Gasteiger charge is 2.05. The molecule has 0 saturated carbocycles. The molecule has 2 nitrogen and oxygen atoms in total. The maximum atomic E-state index is 10.2. The fourth-order valence-electron chi connectivity index (χ4n) is 1.33. The van der Waals surface area contributed by atoms with Crippen molar-refractivity contribution in [2.45, 2.75) is 39.0 Å². The van der Waals surface area contributed by atoms with E-state index in [-0.39, 0.29) is 0 Å². The largest absolute Gasteiger partial charge is 0.330 e. The van der Waals surface area contributed by atoms with E-state index in [0.29, 0.717) is 12.3 Å².